The second-order valence-corrected chi connectivity index (χ2v) is 15.6. The third-order valence-electron chi connectivity index (χ3n) is 11.1. The fourth-order valence-electron chi connectivity index (χ4n) is 7.41. The predicted octanol–water partition coefficient (Wildman–Crippen LogP) is -3.44. The third-order valence-corrected chi connectivity index (χ3v) is 11.1. The van der Waals surface area contributed by atoms with Gasteiger partial charge in [0.25, 0.3) is 0 Å². The van der Waals surface area contributed by atoms with E-state index in [0.717, 1.165) is 30.4 Å². The largest absolute Gasteiger partial charge is 0.508 e. The van der Waals surface area contributed by atoms with Crippen LogP contribution in [0.4, 0.5) is 0 Å². The van der Waals surface area contributed by atoms with Crippen LogP contribution in [-0.2, 0) is 42.7 Å². The van der Waals surface area contributed by atoms with Crippen molar-refractivity contribution < 1.29 is 119 Å². The predicted molar refractivity (Wildman–Crippen MR) is 213 cm³/mol. The Bertz CT molecular complexity index is 2240. The minimum Gasteiger partial charge on any atom is -0.508 e. The molecule has 360 valence electrons. The number of phenolic OH excluding ortho intramolecular Hbond substituents is 4. The molecule has 1 aliphatic carbocycles. The van der Waals surface area contributed by atoms with Crippen LogP contribution in [0.25, 0.3) is 11.8 Å². The number of hydrogen-bond acceptors (Lipinski definition) is 24. The molecular weight excluding hydrogens is 888 g/mol. The number of carbonyl (C=O) groups is 1. The van der Waals surface area contributed by atoms with Gasteiger partial charge in [0, 0.05) is 29.4 Å². The van der Waals surface area contributed by atoms with Crippen LogP contribution < -0.4 is 0 Å². The molecule has 0 bridgehead atoms. The number of rotatable bonds is 13. The second kappa shape index (κ2) is 20.1. The molecule has 16 unspecified atom stereocenters. The summed E-state index contributed by atoms with van der Waals surface area (Å²) in [6.45, 7) is -2.46. The topological polar surface area (TPSA) is 394 Å². The number of fused-ring (bicyclic) bond motifs is 1. The van der Waals surface area contributed by atoms with E-state index < -0.39 is 159 Å². The Morgan fingerprint density at radius 2 is 1.21 bits per heavy atom. The molecule has 3 fully saturated rings. The molecule has 5 aliphatic rings. The molecule has 4 heterocycles. The number of allylic oxidation sites excluding steroid dienone is 2. The second-order valence-electron chi connectivity index (χ2n) is 15.6. The third kappa shape index (κ3) is 10.1. The van der Waals surface area contributed by atoms with Crippen LogP contribution in [0.1, 0.15) is 11.1 Å². The number of esters is 1. The quantitative estimate of drug-likeness (QED) is 0.0528. The molecule has 7 rings (SSSR count). The average Bonchev–Trinajstić information content (AvgIpc) is 3.29. The number of aromatic hydroxyl groups is 4. The molecule has 2 aromatic carbocycles. The number of aliphatic hydroxyl groups excluding tert-OH is 11. The van der Waals surface area contributed by atoms with Crippen LogP contribution in [-0.4, -0.2) is 201 Å². The molecule has 0 saturated carbocycles. The normalized spacial score (nSPS) is 35.8. The fraction of sp³-hybridized carbons (Fsp3) is 0.452. The van der Waals surface area contributed by atoms with Crippen LogP contribution in [0, 0.1) is 0 Å². The van der Waals surface area contributed by atoms with Gasteiger partial charge in [-0.1, -0.05) is 6.07 Å². The van der Waals surface area contributed by atoms with Crippen molar-refractivity contribution in [2.24, 2.45) is 0 Å². The number of phenols is 4. The maximum atomic E-state index is 12.8. The Morgan fingerprint density at radius 1 is 0.621 bits per heavy atom. The molecule has 24 nitrogen and oxygen atoms in total. The maximum absolute atomic E-state index is 12.8. The van der Waals surface area contributed by atoms with E-state index in [1.165, 1.54) is 36.4 Å². The highest BCUT2D eigenvalue weighted by Gasteiger charge is 2.53. The van der Waals surface area contributed by atoms with Gasteiger partial charge < -0.3 is 114 Å². The van der Waals surface area contributed by atoms with Crippen LogP contribution in [0.5, 0.6) is 23.0 Å². The summed E-state index contributed by atoms with van der Waals surface area (Å²) in [6, 6.07) is 7.13. The van der Waals surface area contributed by atoms with Gasteiger partial charge in [-0.25, -0.2) is 4.79 Å². The summed E-state index contributed by atoms with van der Waals surface area (Å²) in [6.07, 6.45) is -23.3. The van der Waals surface area contributed by atoms with Gasteiger partial charge in [0.05, 0.1) is 13.2 Å². The maximum Gasteiger partial charge on any atom is 0.330 e. The van der Waals surface area contributed by atoms with Crippen molar-refractivity contribution in [1.82, 2.24) is 0 Å². The van der Waals surface area contributed by atoms with Crippen LogP contribution in [0.15, 0.2) is 83.6 Å². The van der Waals surface area contributed by atoms with Crippen LogP contribution >= 0.6 is 0 Å². The lowest BCUT2D eigenvalue weighted by atomic mass is 9.95. The first-order chi connectivity index (χ1) is 31.4. The summed E-state index contributed by atoms with van der Waals surface area (Å²) in [5.41, 5.74) is 0.260. The standard InChI is InChI=1S/C42H48O24/c43-12-26-30(51)33(54)36(57)40(63-26)61-24-10-17(45)9-23-18(24)11-25(38(60-23)16-3-5-20(47)22(49)8-16)62-42-39(66-41-37(58)34(55)31(52)27(13-44)64-41)35(56)32(53)28(65-42)14-59-29(50)6-2-15-1-4-19(46)21(48)7-15/h1-11,23,26-28,30-37,39-49,51-58H,12-14H2. The molecule has 4 aliphatic heterocycles. The lowest BCUT2D eigenvalue weighted by Crippen LogP contribution is -2.64. The van der Waals surface area contributed by atoms with Crippen LogP contribution in [0.2, 0.25) is 0 Å². The van der Waals surface area contributed by atoms with Gasteiger partial charge in [0.15, 0.2) is 46.9 Å². The Kier molecular flexibility index (Phi) is 14.8. The molecule has 3 saturated heterocycles. The molecule has 66 heavy (non-hydrogen) atoms. The van der Waals surface area contributed by atoms with E-state index in [9.17, 15) is 81.4 Å². The molecule has 2 aromatic rings. The Balaban J connectivity index is 1.24. The van der Waals surface area contributed by atoms with Crippen molar-refractivity contribution in [3.05, 3.63) is 94.7 Å². The summed E-state index contributed by atoms with van der Waals surface area (Å²) in [4.78, 5) is 12.8. The molecule has 24 heteroatoms. The number of benzene rings is 2. The van der Waals surface area contributed by atoms with E-state index in [0.29, 0.717) is 0 Å². The zero-order valence-electron chi connectivity index (χ0n) is 34.1. The zero-order valence-corrected chi connectivity index (χ0v) is 34.1. The summed E-state index contributed by atoms with van der Waals surface area (Å²) < 4.78 is 46.6. The van der Waals surface area contributed by atoms with Gasteiger partial charge in [0.2, 0.25) is 12.6 Å². The first-order valence-electron chi connectivity index (χ1n) is 20.1. The average molecular weight is 937 g/mol. The van der Waals surface area contributed by atoms with Gasteiger partial charge in [-0.2, -0.15) is 0 Å². The van der Waals surface area contributed by atoms with Gasteiger partial charge in [-0.05, 0) is 48.0 Å². The van der Waals surface area contributed by atoms with E-state index in [4.69, 9.17) is 37.9 Å². The molecule has 0 radical (unpaired) electrons. The lowest BCUT2D eigenvalue weighted by molar-refractivity contribution is -0.363. The van der Waals surface area contributed by atoms with Crippen molar-refractivity contribution in [2.75, 3.05) is 19.8 Å². The van der Waals surface area contributed by atoms with Gasteiger partial charge in [0.1, 0.15) is 91.4 Å². The highest BCUT2D eigenvalue weighted by atomic mass is 16.8. The molecule has 16 atom stereocenters. The van der Waals surface area contributed by atoms with E-state index >= 15 is 0 Å². The van der Waals surface area contributed by atoms with Gasteiger partial charge in [-0.15, -0.1) is 0 Å². The van der Waals surface area contributed by atoms with E-state index in [2.05, 4.69) is 0 Å². The highest BCUT2D eigenvalue weighted by molar-refractivity contribution is 5.87. The summed E-state index contributed by atoms with van der Waals surface area (Å²) in [5, 5.41) is 156. The van der Waals surface area contributed by atoms with E-state index in [1.807, 2.05) is 0 Å². The van der Waals surface area contributed by atoms with Crippen molar-refractivity contribution in [2.45, 2.75) is 98.2 Å². The number of carbonyl (C=O) groups excluding carboxylic acids is 1. The molecular formula is C42H48O24. The van der Waals surface area contributed by atoms with Crippen molar-refractivity contribution in [3.63, 3.8) is 0 Å². The zero-order chi connectivity index (χ0) is 47.7. The van der Waals surface area contributed by atoms with E-state index in [1.54, 1.807) is 0 Å². The van der Waals surface area contributed by atoms with Crippen molar-refractivity contribution >= 4 is 17.8 Å². The monoisotopic (exact) mass is 936 g/mol. The van der Waals surface area contributed by atoms with Gasteiger partial charge in [-0.3, -0.25) is 0 Å². The first-order valence-corrected chi connectivity index (χ1v) is 20.1. The molecule has 0 amide bonds. The highest BCUT2D eigenvalue weighted by Crippen LogP contribution is 2.42. The molecule has 0 spiro atoms. The number of ether oxygens (including phenoxy) is 8. The van der Waals surface area contributed by atoms with Crippen molar-refractivity contribution in [1.29, 1.82) is 0 Å². The Morgan fingerprint density at radius 3 is 1.85 bits per heavy atom. The smallest absolute Gasteiger partial charge is 0.330 e. The lowest BCUT2D eigenvalue weighted by Gasteiger charge is -2.46. The summed E-state index contributed by atoms with van der Waals surface area (Å²) in [7, 11) is 0. The Hall–Kier alpha value is -5.55. The molecule has 0 aromatic heterocycles. The van der Waals surface area contributed by atoms with Crippen molar-refractivity contribution in [3.8, 4) is 23.0 Å². The number of aliphatic hydroxyl groups is 11. The number of hydrogen-bond donors (Lipinski definition) is 15. The minimum absolute atomic E-state index is 0.00328. The SMILES string of the molecule is O=C(C=Cc1ccc(O)c(O)c1)OCC1OC(OC2=C(c3ccc(O)c(O)c3)OC3C=C(O)C=C(OC4OC(CO)C(O)C(O)C4O)C3=C2)C(OC2OC(CO)C(O)C(O)C2O)C(O)C1O. The fourth-order valence-corrected chi connectivity index (χ4v) is 7.41. The minimum atomic E-state index is -2.10. The van der Waals surface area contributed by atoms with E-state index in [-0.39, 0.29) is 28.2 Å². The van der Waals surface area contributed by atoms with Crippen LogP contribution in [0.3, 0.4) is 0 Å². The first kappa shape index (κ1) is 48.4. The summed E-state index contributed by atoms with van der Waals surface area (Å²) >= 11 is 0. The Labute approximate surface area is 372 Å². The van der Waals surface area contributed by atoms with Gasteiger partial charge >= 0.3 is 5.97 Å². The molecule has 15 N–H and O–H groups in total. The summed E-state index contributed by atoms with van der Waals surface area (Å²) in [5.74, 6) is -4.49.